The van der Waals surface area contributed by atoms with Crippen LogP contribution in [-0.4, -0.2) is 16.9 Å². The average molecular weight is 379 g/mol. The van der Waals surface area contributed by atoms with Gasteiger partial charge in [0.1, 0.15) is 11.3 Å². The van der Waals surface area contributed by atoms with Gasteiger partial charge in [-0.3, -0.25) is 9.59 Å². The highest BCUT2D eigenvalue weighted by molar-refractivity contribution is 5.94. The molecule has 1 aliphatic heterocycles. The summed E-state index contributed by atoms with van der Waals surface area (Å²) < 4.78 is 38.0. The first-order chi connectivity index (χ1) is 12.7. The summed E-state index contributed by atoms with van der Waals surface area (Å²) in [6.07, 6.45) is -3.20. The Kier molecular flexibility index (Phi) is 4.99. The lowest BCUT2D eigenvalue weighted by Crippen LogP contribution is -2.39. The second kappa shape index (κ2) is 7.09. The summed E-state index contributed by atoms with van der Waals surface area (Å²) in [4.78, 5) is 26.2. The predicted octanol–water partition coefficient (Wildman–Crippen LogP) is 3.77. The number of fused-ring (bicyclic) bond motifs is 1. The van der Waals surface area contributed by atoms with E-state index in [-0.39, 0.29) is 17.6 Å². The van der Waals surface area contributed by atoms with Crippen molar-refractivity contribution < 1.29 is 18.0 Å². The molecule has 2 atom stereocenters. The Hall–Kier alpha value is -2.77. The summed E-state index contributed by atoms with van der Waals surface area (Å²) >= 11 is 0. The number of carbonyl (C=O) groups excluding carboxylic acids is 1. The molecular weight excluding hydrogens is 359 g/mol. The number of rotatable bonds is 3. The molecule has 27 heavy (non-hydrogen) atoms. The molecule has 1 aliphatic rings. The molecule has 1 amide bonds. The molecule has 0 aliphatic carbocycles. The molecule has 0 radical (unpaired) electrons. The fourth-order valence-corrected chi connectivity index (χ4v) is 3.25. The zero-order valence-corrected chi connectivity index (χ0v) is 14.9. The number of aromatic amines is 1. The standard InChI is InChI=1S/C19H20F3N3O2/c1-3-11-9-15(13-8-10(2)4-6-14(13)23-11)24-17(26)12-5-7-16(19(20,21)22)25-18(12)27/h4-8,11,15,23H,3,9H2,1-2H3,(H,24,26)(H,25,27)/t11-,15+/m0/s1. The van der Waals surface area contributed by atoms with Crippen LogP contribution in [0.2, 0.25) is 0 Å². The van der Waals surface area contributed by atoms with Crippen LogP contribution in [0, 0.1) is 6.92 Å². The van der Waals surface area contributed by atoms with E-state index in [1.165, 1.54) is 0 Å². The van der Waals surface area contributed by atoms with Gasteiger partial charge in [0.25, 0.3) is 11.5 Å². The van der Waals surface area contributed by atoms with Crippen molar-refractivity contribution in [3.05, 3.63) is 63.1 Å². The molecule has 0 unspecified atom stereocenters. The van der Waals surface area contributed by atoms with Gasteiger partial charge in [0.05, 0.1) is 6.04 Å². The molecular formula is C19H20F3N3O2. The minimum Gasteiger partial charge on any atom is -0.382 e. The van der Waals surface area contributed by atoms with Crippen molar-refractivity contribution in [1.82, 2.24) is 10.3 Å². The monoisotopic (exact) mass is 379 g/mol. The molecule has 2 aromatic rings. The minimum atomic E-state index is -4.67. The average Bonchev–Trinajstić information content (AvgIpc) is 2.60. The van der Waals surface area contributed by atoms with Gasteiger partial charge in [-0.2, -0.15) is 13.2 Å². The number of anilines is 1. The third-order valence-corrected chi connectivity index (χ3v) is 4.72. The Morgan fingerprint density at radius 2 is 2.00 bits per heavy atom. The van der Waals surface area contributed by atoms with Crippen molar-refractivity contribution in [2.45, 2.75) is 44.9 Å². The van der Waals surface area contributed by atoms with Crippen LogP contribution in [0.4, 0.5) is 18.9 Å². The summed E-state index contributed by atoms with van der Waals surface area (Å²) in [5.41, 5.74) is 0.244. The van der Waals surface area contributed by atoms with Gasteiger partial charge >= 0.3 is 6.18 Å². The lowest BCUT2D eigenvalue weighted by Gasteiger charge is -2.33. The summed E-state index contributed by atoms with van der Waals surface area (Å²) in [5, 5.41) is 6.21. The smallest absolute Gasteiger partial charge is 0.382 e. The molecule has 8 heteroatoms. The van der Waals surface area contributed by atoms with Crippen LogP contribution in [0.5, 0.6) is 0 Å². The summed E-state index contributed by atoms with van der Waals surface area (Å²) in [6.45, 7) is 3.96. The van der Waals surface area contributed by atoms with Crippen molar-refractivity contribution in [1.29, 1.82) is 0 Å². The van der Waals surface area contributed by atoms with E-state index in [4.69, 9.17) is 0 Å². The molecule has 0 saturated carbocycles. The maximum absolute atomic E-state index is 12.7. The molecule has 0 spiro atoms. The van der Waals surface area contributed by atoms with Crippen molar-refractivity contribution in [2.75, 3.05) is 5.32 Å². The van der Waals surface area contributed by atoms with Crippen molar-refractivity contribution in [3.63, 3.8) is 0 Å². The molecule has 144 valence electrons. The van der Waals surface area contributed by atoms with Gasteiger partial charge in [-0.05, 0) is 43.5 Å². The summed E-state index contributed by atoms with van der Waals surface area (Å²) in [6, 6.07) is 7.28. The number of benzene rings is 1. The fraction of sp³-hybridized carbons (Fsp3) is 0.368. The number of alkyl halides is 3. The van der Waals surface area contributed by atoms with Crippen LogP contribution < -0.4 is 16.2 Å². The van der Waals surface area contributed by atoms with Crippen LogP contribution in [0.25, 0.3) is 0 Å². The first kappa shape index (κ1) is 19.0. The number of aromatic nitrogens is 1. The Labute approximate surface area is 154 Å². The Morgan fingerprint density at radius 1 is 1.26 bits per heavy atom. The van der Waals surface area contributed by atoms with E-state index >= 15 is 0 Å². The number of hydrogen-bond acceptors (Lipinski definition) is 3. The number of nitrogens with one attached hydrogen (secondary N) is 3. The van der Waals surface area contributed by atoms with Gasteiger partial charge in [0.15, 0.2) is 0 Å². The number of aryl methyl sites for hydroxylation is 1. The van der Waals surface area contributed by atoms with Gasteiger partial charge in [-0.1, -0.05) is 24.6 Å². The molecule has 3 N–H and O–H groups in total. The number of carbonyl (C=O) groups is 1. The van der Waals surface area contributed by atoms with E-state index in [2.05, 4.69) is 10.6 Å². The third kappa shape index (κ3) is 3.99. The highest BCUT2D eigenvalue weighted by Crippen LogP contribution is 2.34. The molecule has 2 heterocycles. The first-order valence-corrected chi connectivity index (χ1v) is 8.67. The van der Waals surface area contributed by atoms with Crippen LogP contribution in [0.1, 0.15) is 53.0 Å². The molecule has 3 rings (SSSR count). The first-order valence-electron chi connectivity index (χ1n) is 8.67. The molecule has 5 nitrogen and oxygen atoms in total. The number of amides is 1. The van der Waals surface area contributed by atoms with E-state index in [9.17, 15) is 22.8 Å². The van der Waals surface area contributed by atoms with Crippen molar-refractivity contribution in [2.24, 2.45) is 0 Å². The lowest BCUT2D eigenvalue weighted by molar-refractivity contribution is -0.141. The van der Waals surface area contributed by atoms with Gasteiger partial charge in [-0.25, -0.2) is 0 Å². The Balaban J connectivity index is 1.88. The molecule has 1 aromatic heterocycles. The van der Waals surface area contributed by atoms with Gasteiger partial charge < -0.3 is 15.6 Å². The normalized spacial score (nSPS) is 19.1. The number of halogens is 3. The second-order valence-electron chi connectivity index (χ2n) is 6.71. The van der Waals surface area contributed by atoms with Gasteiger partial charge in [0.2, 0.25) is 0 Å². The molecule has 0 saturated heterocycles. The van der Waals surface area contributed by atoms with Crippen LogP contribution in [0.15, 0.2) is 35.1 Å². The number of hydrogen-bond donors (Lipinski definition) is 3. The van der Waals surface area contributed by atoms with E-state index in [0.29, 0.717) is 12.5 Å². The predicted molar refractivity (Wildman–Crippen MR) is 95.8 cm³/mol. The second-order valence-corrected chi connectivity index (χ2v) is 6.71. The van der Waals surface area contributed by atoms with E-state index < -0.39 is 23.3 Å². The number of H-pyrrole nitrogens is 1. The van der Waals surface area contributed by atoms with E-state index in [0.717, 1.165) is 29.3 Å². The zero-order chi connectivity index (χ0) is 19.8. The molecule has 0 bridgehead atoms. The summed E-state index contributed by atoms with van der Waals surface area (Å²) in [7, 11) is 0. The zero-order valence-electron chi connectivity index (χ0n) is 14.9. The van der Waals surface area contributed by atoms with Gasteiger partial charge in [-0.15, -0.1) is 0 Å². The molecule has 0 fully saturated rings. The number of pyridine rings is 1. The van der Waals surface area contributed by atoms with E-state index in [1.807, 2.05) is 32.0 Å². The Bertz CT molecular complexity index is 921. The van der Waals surface area contributed by atoms with Crippen LogP contribution in [0.3, 0.4) is 0 Å². The topological polar surface area (TPSA) is 74.0 Å². The maximum Gasteiger partial charge on any atom is 0.431 e. The van der Waals surface area contributed by atoms with Crippen LogP contribution in [-0.2, 0) is 6.18 Å². The quantitative estimate of drug-likeness (QED) is 0.760. The largest absolute Gasteiger partial charge is 0.431 e. The highest BCUT2D eigenvalue weighted by atomic mass is 19.4. The van der Waals surface area contributed by atoms with Crippen molar-refractivity contribution >= 4 is 11.6 Å². The lowest BCUT2D eigenvalue weighted by atomic mass is 9.90. The summed E-state index contributed by atoms with van der Waals surface area (Å²) in [5.74, 6) is -0.695. The van der Waals surface area contributed by atoms with Crippen LogP contribution >= 0.6 is 0 Å². The molecule has 1 aromatic carbocycles. The highest BCUT2D eigenvalue weighted by Gasteiger charge is 2.33. The Morgan fingerprint density at radius 3 is 2.63 bits per heavy atom. The fourth-order valence-electron chi connectivity index (χ4n) is 3.25. The SMILES string of the molecule is CC[C@H]1C[C@@H](NC(=O)c2ccc(C(F)(F)F)[nH]c2=O)c2cc(C)ccc2N1. The van der Waals surface area contributed by atoms with Crippen molar-refractivity contribution in [3.8, 4) is 0 Å². The minimum absolute atomic E-state index is 0.149. The third-order valence-electron chi connectivity index (χ3n) is 4.72. The van der Waals surface area contributed by atoms with E-state index in [1.54, 1.807) is 4.98 Å². The van der Waals surface area contributed by atoms with Gasteiger partial charge in [0, 0.05) is 11.7 Å². The maximum atomic E-state index is 12.7.